The van der Waals surface area contributed by atoms with E-state index < -0.39 is 5.54 Å². The van der Waals surface area contributed by atoms with Gasteiger partial charge in [-0.2, -0.15) is 0 Å². The topological polar surface area (TPSA) is 64.2 Å². The molecule has 0 N–H and O–H groups in total. The van der Waals surface area contributed by atoms with Gasteiger partial charge in [0.25, 0.3) is 0 Å². The van der Waals surface area contributed by atoms with Gasteiger partial charge in [-0.1, -0.05) is 0 Å². The van der Waals surface area contributed by atoms with Crippen LogP contribution in [0, 0.1) is 5.92 Å². The Hall–Kier alpha value is -1.79. The number of likely N-dealkylation sites (tertiary alicyclic amines) is 1. The number of nitrogens with zero attached hydrogens (tertiary/aromatic N) is 4. The van der Waals surface area contributed by atoms with Crippen molar-refractivity contribution in [3.05, 3.63) is 0 Å². The van der Waals surface area contributed by atoms with Crippen LogP contribution in [0.5, 0.6) is 0 Å². The highest BCUT2D eigenvalue weighted by atomic mass is 16.2. The minimum atomic E-state index is -0.423. The molecule has 2 fully saturated rings. The monoisotopic (exact) mass is 324 g/mol. The van der Waals surface area contributed by atoms with Gasteiger partial charge in [0.15, 0.2) is 0 Å². The number of rotatable bonds is 1. The van der Waals surface area contributed by atoms with E-state index in [0.29, 0.717) is 39.0 Å². The molecule has 0 saturated carbocycles. The lowest BCUT2D eigenvalue weighted by atomic mass is 9.91. The summed E-state index contributed by atoms with van der Waals surface area (Å²) < 4.78 is 0. The van der Waals surface area contributed by atoms with Gasteiger partial charge < -0.3 is 19.6 Å². The first kappa shape index (κ1) is 17.6. The standard InChI is InChI=1S/C16H28N4O3/c1-16(2)11-19(15(23)17(3)4)8-9-20(16)14(22)12-6-7-18(5)13(21)10-12/h12H,6-11H2,1-5H3. The van der Waals surface area contributed by atoms with Gasteiger partial charge >= 0.3 is 6.03 Å². The maximum Gasteiger partial charge on any atom is 0.319 e. The van der Waals surface area contributed by atoms with Crippen molar-refractivity contribution in [1.29, 1.82) is 0 Å². The Morgan fingerprint density at radius 3 is 2.35 bits per heavy atom. The summed E-state index contributed by atoms with van der Waals surface area (Å²) in [6.07, 6.45) is 1.01. The van der Waals surface area contributed by atoms with Crippen LogP contribution in [0.2, 0.25) is 0 Å². The molecule has 2 aliphatic rings. The van der Waals surface area contributed by atoms with E-state index in [-0.39, 0.29) is 23.8 Å². The van der Waals surface area contributed by atoms with E-state index in [1.165, 1.54) is 0 Å². The van der Waals surface area contributed by atoms with E-state index >= 15 is 0 Å². The third kappa shape index (κ3) is 3.59. The van der Waals surface area contributed by atoms with Crippen LogP contribution < -0.4 is 0 Å². The first-order valence-corrected chi connectivity index (χ1v) is 8.15. The van der Waals surface area contributed by atoms with Gasteiger partial charge in [0.05, 0.1) is 5.54 Å². The summed E-state index contributed by atoms with van der Waals surface area (Å²) in [4.78, 5) is 43.8. The first-order valence-electron chi connectivity index (χ1n) is 8.15. The largest absolute Gasteiger partial charge is 0.346 e. The molecule has 2 rings (SSSR count). The zero-order valence-electron chi connectivity index (χ0n) is 14.8. The summed E-state index contributed by atoms with van der Waals surface area (Å²) in [6.45, 7) is 6.16. The minimum Gasteiger partial charge on any atom is -0.346 e. The third-order valence-corrected chi connectivity index (χ3v) is 4.83. The number of urea groups is 1. The van der Waals surface area contributed by atoms with Crippen molar-refractivity contribution in [1.82, 2.24) is 19.6 Å². The Labute approximate surface area is 138 Å². The molecule has 4 amide bonds. The highest BCUT2D eigenvalue weighted by molar-refractivity contribution is 5.87. The summed E-state index contributed by atoms with van der Waals surface area (Å²) in [5, 5.41) is 0. The summed E-state index contributed by atoms with van der Waals surface area (Å²) in [7, 11) is 5.24. The Bertz CT molecular complexity index is 504. The fraction of sp³-hybridized carbons (Fsp3) is 0.812. The zero-order valence-corrected chi connectivity index (χ0v) is 14.8. The molecule has 0 radical (unpaired) electrons. The molecule has 2 heterocycles. The SMILES string of the molecule is CN(C)C(=O)N1CCN(C(=O)C2CCN(C)C(=O)C2)C(C)(C)C1. The molecular formula is C16H28N4O3. The number of carbonyl (C=O) groups is 3. The summed E-state index contributed by atoms with van der Waals surface area (Å²) in [5.74, 6) is -0.142. The smallest absolute Gasteiger partial charge is 0.319 e. The normalized spacial score (nSPS) is 24.7. The number of piperidine rings is 1. The second-order valence-electron chi connectivity index (χ2n) is 7.41. The average Bonchev–Trinajstić information content (AvgIpc) is 2.47. The van der Waals surface area contributed by atoms with Gasteiger partial charge in [-0.3, -0.25) is 9.59 Å². The van der Waals surface area contributed by atoms with Crippen LogP contribution in [0.1, 0.15) is 26.7 Å². The van der Waals surface area contributed by atoms with Crippen LogP contribution >= 0.6 is 0 Å². The molecule has 0 aromatic heterocycles. The van der Waals surface area contributed by atoms with E-state index in [1.54, 1.807) is 35.8 Å². The number of carbonyl (C=O) groups excluding carboxylic acids is 3. The van der Waals surface area contributed by atoms with E-state index in [9.17, 15) is 14.4 Å². The molecule has 23 heavy (non-hydrogen) atoms. The Kier molecular flexibility index (Phi) is 4.87. The van der Waals surface area contributed by atoms with Gasteiger partial charge in [-0.05, 0) is 20.3 Å². The Morgan fingerprint density at radius 1 is 1.17 bits per heavy atom. The average molecular weight is 324 g/mol. The van der Waals surface area contributed by atoms with E-state index in [0.717, 1.165) is 0 Å². The molecule has 130 valence electrons. The van der Waals surface area contributed by atoms with Gasteiger partial charge in [0.2, 0.25) is 11.8 Å². The molecule has 2 saturated heterocycles. The van der Waals surface area contributed by atoms with Crippen LogP contribution in [-0.2, 0) is 9.59 Å². The summed E-state index contributed by atoms with van der Waals surface area (Å²) >= 11 is 0. The van der Waals surface area contributed by atoms with Crippen LogP contribution in [0.25, 0.3) is 0 Å². The fourth-order valence-electron chi connectivity index (χ4n) is 3.38. The molecule has 0 spiro atoms. The van der Waals surface area contributed by atoms with Crippen molar-refractivity contribution in [3.8, 4) is 0 Å². The number of hydrogen-bond acceptors (Lipinski definition) is 3. The quantitative estimate of drug-likeness (QED) is 0.704. The highest BCUT2D eigenvalue weighted by Gasteiger charge is 2.42. The van der Waals surface area contributed by atoms with Crippen LogP contribution in [0.3, 0.4) is 0 Å². The number of amides is 4. The molecule has 1 unspecified atom stereocenters. The zero-order chi connectivity index (χ0) is 17.4. The lowest BCUT2D eigenvalue weighted by Gasteiger charge is -2.48. The minimum absolute atomic E-state index is 0.0281. The molecule has 2 aliphatic heterocycles. The maximum absolute atomic E-state index is 12.9. The van der Waals surface area contributed by atoms with Gasteiger partial charge in [0, 0.05) is 59.7 Å². The first-order chi connectivity index (χ1) is 10.6. The molecule has 7 heteroatoms. The van der Waals surface area contributed by atoms with Gasteiger partial charge in [-0.15, -0.1) is 0 Å². The molecule has 1 atom stereocenters. The van der Waals surface area contributed by atoms with Crippen molar-refractivity contribution in [3.63, 3.8) is 0 Å². The molecular weight excluding hydrogens is 296 g/mol. The highest BCUT2D eigenvalue weighted by Crippen LogP contribution is 2.27. The van der Waals surface area contributed by atoms with Crippen LogP contribution in [-0.4, -0.2) is 90.3 Å². The Morgan fingerprint density at radius 2 is 1.83 bits per heavy atom. The summed E-state index contributed by atoms with van der Waals surface area (Å²) in [5.41, 5.74) is -0.423. The molecule has 0 aromatic rings. The fourth-order valence-corrected chi connectivity index (χ4v) is 3.38. The van der Waals surface area contributed by atoms with E-state index in [1.807, 2.05) is 18.7 Å². The predicted molar refractivity (Wildman–Crippen MR) is 86.8 cm³/mol. The lowest BCUT2D eigenvalue weighted by molar-refractivity contribution is -0.150. The molecule has 0 bridgehead atoms. The van der Waals surface area contributed by atoms with Crippen molar-refractivity contribution in [2.45, 2.75) is 32.2 Å². The number of piperazine rings is 1. The van der Waals surface area contributed by atoms with Gasteiger partial charge in [-0.25, -0.2) is 4.79 Å². The third-order valence-electron chi connectivity index (χ3n) is 4.83. The molecule has 0 aliphatic carbocycles. The second-order valence-corrected chi connectivity index (χ2v) is 7.41. The lowest BCUT2D eigenvalue weighted by Crippen LogP contribution is -2.64. The second kappa shape index (κ2) is 6.37. The van der Waals surface area contributed by atoms with Crippen molar-refractivity contribution in [2.75, 3.05) is 47.3 Å². The predicted octanol–water partition coefficient (Wildman–Crippen LogP) is 0.459. The molecule has 7 nitrogen and oxygen atoms in total. The van der Waals surface area contributed by atoms with Gasteiger partial charge in [0.1, 0.15) is 0 Å². The Balaban J connectivity index is 2.05. The maximum atomic E-state index is 12.9. The van der Waals surface area contributed by atoms with Crippen molar-refractivity contribution in [2.24, 2.45) is 5.92 Å². The molecule has 0 aromatic carbocycles. The number of hydrogen-bond donors (Lipinski definition) is 0. The van der Waals surface area contributed by atoms with Crippen molar-refractivity contribution < 1.29 is 14.4 Å². The summed E-state index contributed by atoms with van der Waals surface area (Å²) in [6, 6.07) is -0.0281. The van der Waals surface area contributed by atoms with Crippen LogP contribution in [0.4, 0.5) is 4.79 Å². The van der Waals surface area contributed by atoms with Crippen LogP contribution in [0.15, 0.2) is 0 Å². The van der Waals surface area contributed by atoms with Crippen molar-refractivity contribution >= 4 is 17.8 Å². The van der Waals surface area contributed by atoms with E-state index in [4.69, 9.17) is 0 Å². The van der Waals surface area contributed by atoms with E-state index in [2.05, 4.69) is 0 Å².